The van der Waals surface area contributed by atoms with Crippen LogP contribution in [-0.2, 0) is 6.54 Å². The summed E-state index contributed by atoms with van der Waals surface area (Å²) in [6.07, 6.45) is 2.78. The molecular formula is C16H18IN5O. The number of nitrogens with one attached hydrogen (secondary N) is 2. The van der Waals surface area contributed by atoms with Gasteiger partial charge in [-0.15, -0.1) is 0 Å². The van der Waals surface area contributed by atoms with Crippen molar-refractivity contribution >= 4 is 33.6 Å². The van der Waals surface area contributed by atoms with Gasteiger partial charge in [0, 0.05) is 18.1 Å². The lowest BCUT2D eigenvalue weighted by molar-refractivity contribution is 0.655. The normalized spacial score (nSPS) is 11.2. The number of H-pyrrole nitrogens is 1. The smallest absolute Gasteiger partial charge is 0.334 e. The molecule has 0 aliphatic rings. The van der Waals surface area contributed by atoms with Crippen molar-refractivity contribution in [1.82, 2.24) is 19.9 Å². The van der Waals surface area contributed by atoms with E-state index in [9.17, 15) is 4.79 Å². The first-order chi connectivity index (χ1) is 11.2. The highest BCUT2D eigenvalue weighted by atomic mass is 127. The molecule has 0 aliphatic heterocycles. The van der Waals surface area contributed by atoms with Crippen LogP contribution in [0.5, 0.6) is 0 Å². The van der Waals surface area contributed by atoms with E-state index in [1.807, 2.05) is 36.5 Å². The number of aromatic amines is 1. The molecule has 4 N–H and O–H groups in total. The Balaban J connectivity index is 1.81. The first-order valence-corrected chi connectivity index (χ1v) is 8.53. The van der Waals surface area contributed by atoms with Gasteiger partial charge in [-0.2, -0.15) is 4.98 Å². The van der Waals surface area contributed by atoms with Crippen LogP contribution in [0.4, 0.5) is 0 Å². The first kappa shape index (κ1) is 16.2. The van der Waals surface area contributed by atoms with Gasteiger partial charge >= 0.3 is 5.69 Å². The summed E-state index contributed by atoms with van der Waals surface area (Å²) in [4.78, 5) is 19.3. The molecule has 0 fully saturated rings. The van der Waals surface area contributed by atoms with Crippen LogP contribution in [0, 0.1) is 3.70 Å². The van der Waals surface area contributed by atoms with Gasteiger partial charge in [0.25, 0.3) is 0 Å². The van der Waals surface area contributed by atoms with Crippen LogP contribution in [-0.4, -0.2) is 27.6 Å². The molecule has 0 atom stereocenters. The van der Waals surface area contributed by atoms with Crippen molar-refractivity contribution in [3.05, 3.63) is 56.3 Å². The maximum Gasteiger partial charge on any atom is 0.354 e. The van der Waals surface area contributed by atoms with E-state index >= 15 is 0 Å². The van der Waals surface area contributed by atoms with Crippen molar-refractivity contribution in [1.29, 1.82) is 0 Å². The molecule has 0 bridgehead atoms. The Morgan fingerprint density at radius 2 is 2.09 bits per heavy atom. The van der Waals surface area contributed by atoms with Gasteiger partial charge in [0.15, 0.2) is 0 Å². The number of aromatic nitrogens is 3. The molecule has 1 aromatic carbocycles. The fourth-order valence-corrected chi connectivity index (χ4v) is 2.97. The van der Waals surface area contributed by atoms with Crippen molar-refractivity contribution < 1.29 is 0 Å². The molecule has 3 rings (SSSR count). The van der Waals surface area contributed by atoms with Gasteiger partial charge < -0.3 is 16.0 Å². The predicted molar refractivity (Wildman–Crippen MR) is 99.8 cm³/mol. The monoisotopic (exact) mass is 423 g/mol. The highest BCUT2D eigenvalue weighted by molar-refractivity contribution is 14.1. The largest absolute Gasteiger partial charge is 0.354 e. The molecule has 0 unspecified atom stereocenters. The molecule has 0 saturated heterocycles. The summed E-state index contributed by atoms with van der Waals surface area (Å²) in [5.41, 5.74) is 7.78. The number of rotatable bonds is 6. The van der Waals surface area contributed by atoms with Gasteiger partial charge in [-0.3, -0.25) is 4.57 Å². The summed E-state index contributed by atoms with van der Waals surface area (Å²) < 4.78 is 2.53. The van der Waals surface area contributed by atoms with Gasteiger partial charge in [0.2, 0.25) is 0 Å². The minimum atomic E-state index is -0.287. The third-order valence-electron chi connectivity index (χ3n) is 3.58. The SMILES string of the molecule is NCCCNCc1ccc(-n2cc3cc(I)[nH]c3nc2=O)cc1. The maximum atomic E-state index is 12.2. The van der Waals surface area contributed by atoms with E-state index in [1.165, 1.54) is 5.56 Å². The third kappa shape index (κ3) is 3.80. The van der Waals surface area contributed by atoms with Gasteiger partial charge in [-0.05, 0) is 65.9 Å². The number of halogens is 1. The van der Waals surface area contributed by atoms with Crippen LogP contribution in [0.3, 0.4) is 0 Å². The highest BCUT2D eigenvalue weighted by Gasteiger charge is 2.06. The number of benzene rings is 1. The molecule has 120 valence electrons. The zero-order valence-electron chi connectivity index (χ0n) is 12.6. The topological polar surface area (TPSA) is 88.7 Å². The van der Waals surface area contributed by atoms with Crippen molar-refractivity contribution in [3.8, 4) is 5.69 Å². The van der Waals surface area contributed by atoms with Crippen molar-refractivity contribution in [2.24, 2.45) is 5.73 Å². The van der Waals surface area contributed by atoms with Crippen LogP contribution < -0.4 is 16.7 Å². The molecular weight excluding hydrogens is 405 g/mol. The lowest BCUT2D eigenvalue weighted by Crippen LogP contribution is -2.20. The molecule has 0 spiro atoms. The molecule has 7 heteroatoms. The Hall–Kier alpha value is -1.71. The molecule has 0 amide bonds. The van der Waals surface area contributed by atoms with Crippen LogP contribution in [0.25, 0.3) is 16.7 Å². The molecule has 23 heavy (non-hydrogen) atoms. The predicted octanol–water partition coefficient (Wildman–Crippen LogP) is 1.76. The molecule has 2 aromatic heterocycles. The van der Waals surface area contributed by atoms with Crippen LogP contribution >= 0.6 is 22.6 Å². The fourth-order valence-electron chi connectivity index (χ4n) is 2.38. The van der Waals surface area contributed by atoms with Crippen molar-refractivity contribution in [2.75, 3.05) is 13.1 Å². The van der Waals surface area contributed by atoms with Crippen molar-refractivity contribution in [2.45, 2.75) is 13.0 Å². The lowest BCUT2D eigenvalue weighted by Gasteiger charge is -2.07. The van der Waals surface area contributed by atoms with Crippen LogP contribution in [0.2, 0.25) is 0 Å². The number of hydrogen-bond acceptors (Lipinski definition) is 4. The third-order valence-corrected chi connectivity index (χ3v) is 4.16. The summed E-state index contributed by atoms with van der Waals surface area (Å²) >= 11 is 2.17. The second-order valence-corrected chi connectivity index (χ2v) is 6.46. The van der Waals surface area contributed by atoms with E-state index in [0.717, 1.165) is 34.3 Å². The molecule has 2 heterocycles. The number of fused-ring (bicyclic) bond motifs is 1. The van der Waals surface area contributed by atoms with Gasteiger partial charge in [0.1, 0.15) is 5.65 Å². The zero-order chi connectivity index (χ0) is 16.2. The average molecular weight is 423 g/mol. The second kappa shape index (κ2) is 7.24. The van der Waals surface area contributed by atoms with Crippen molar-refractivity contribution in [3.63, 3.8) is 0 Å². The van der Waals surface area contributed by atoms with Gasteiger partial charge in [-0.25, -0.2) is 4.79 Å². The molecule has 0 aliphatic carbocycles. The molecule has 0 radical (unpaired) electrons. The number of hydrogen-bond donors (Lipinski definition) is 3. The van der Waals surface area contributed by atoms with Crippen LogP contribution in [0.15, 0.2) is 41.3 Å². The van der Waals surface area contributed by atoms with Gasteiger partial charge in [-0.1, -0.05) is 12.1 Å². The van der Waals surface area contributed by atoms with E-state index in [4.69, 9.17) is 5.73 Å². The van der Waals surface area contributed by atoms with E-state index in [0.29, 0.717) is 12.2 Å². The fraction of sp³-hybridized carbons (Fsp3) is 0.250. The Bertz CT molecular complexity index is 853. The van der Waals surface area contributed by atoms with Crippen LogP contribution in [0.1, 0.15) is 12.0 Å². The average Bonchev–Trinajstić information content (AvgIpc) is 2.90. The van der Waals surface area contributed by atoms with E-state index in [-0.39, 0.29) is 5.69 Å². The zero-order valence-corrected chi connectivity index (χ0v) is 14.7. The molecule has 6 nitrogen and oxygen atoms in total. The lowest BCUT2D eigenvalue weighted by atomic mass is 10.2. The maximum absolute atomic E-state index is 12.2. The summed E-state index contributed by atoms with van der Waals surface area (Å²) in [6.45, 7) is 2.40. The quantitative estimate of drug-likeness (QED) is 0.417. The minimum absolute atomic E-state index is 0.287. The van der Waals surface area contributed by atoms with E-state index < -0.39 is 0 Å². The number of nitrogens with zero attached hydrogens (tertiary/aromatic N) is 2. The second-order valence-electron chi connectivity index (χ2n) is 5.30. The Labute approximate surface area is 147 Å². The van der Waals surface area contributed by atoms with Gasteiger partial charge in [0.05, 0.1) is 9.39 Å². The minimum Gasteiger partial charge on any atom is -0.334 e. The molecule has 0 saturated carbocycles. The van der Waals surface area contributed by atoms with E-state index in [1.54, 1.807) is 4.57 Å². The Morgan fingerprint density at radius 1 is 1.30 bits per heavy atom. The highest BCUT2D eigenvalue weighted by Crippen LogP contribution is 2.15. The Kier molecular flexibility index (Phi) is 5.09. The number of nitrogens with two attached hydrogens (primary N) is 1. The summed E-state index contributed by atoms with van der Waals surface area (Å²) in [6, 6.07) is 9.87. The summed E-state index contributed by atoms with van der Waals surface area (Å²) in [5, 5.41) is 4.25. The Morgan fingerprint density at radius 3 is 2.83 bits per heavy atom. The summed E-state index contributed by atoms with van der Waals surface area (Å²) in [7, 11) is 0. The summed E-state index contributed by atoms with van der Waals surface area (Å²) in [5.74, 6) is 0. The first-order valence-electron chi connectivity index (χ1n) is 7.45. The van der Waals surface area contributed by atoms with E-state index in [2.05, 4.69) is 37.9 Å². The standard InChI is InChI=1S/C16H18IN5O/c17-14-8-12-10-22(16(23)21-15(12)20-14)13-4-2-11(3-5-13)9-19-7-1-6-18/h2-5,8,10,19H,1,6-7,9,18H2,(H,20,21,23). The molecule has 3 aromatic rings.